The van der Waals surface area contributed by atoms with E-state index in [1.165, 1.54) is 0 Å². The van der Waals surface area contributed by atoms with Crippen LogP contribution in [0.3, 0.4) is 0 Å². The maximum absolute atomic E-state index is 9.16. The molecule has 5 heteroatoms. The molecular formula is HO3RuS. The first-order valence-corrected chi connectivity index (χ1v) is 4.11. The van der Waals surface area contributed by atoms with Gasteiger partial charge in [-0.2, -0.15) is 0 Å². The molecule has 0 rings (SSSR count). The normalized spacial score (nSPS) is 11.6. The summed E-state index contributed by atoms with van der Waals surface area (Å²) in [7, 11) is -3.74. The van der Waals surface area contributed by atoms with Gasteiger partial charge in [0.05, 0.1) is 0 Å². The van der Waals surface area contributed by atoms with E-state index in [2.05, 4.69) is 0 Å². The van der Waals surface area contributed by atoms with Gasteiger partial charge in [-0.05, 0) is 0 Å². The topological polar surface area (TPSA) is 54.4 Å². The molecular weight excluding hydrogens is 181 g/mol. The summed E-state index contributed by atoms with van der Waals surface area (Å²) in [6, 6.07) is 0. The van der Waals surface area contributed by atoms with E-state index >= 15 is 0 Å². The van der Waals surface area contributed by atoms with Gasteiger partial charge < -0.3 is 0 Å². The Bertz CT molecular complexity index is 90.1. The molecule has 0 fully saturated rings. The molecule has 0 heterocycles. The fraction of sp³-hybridized carbons (Fsp3) is 0. The van der Waals surface area contributed by atoms with Gasteiger partial charge >= 0.3 is 38.2 Å². The summed E-state index contributed by atoms with van der Waals surface area (Å²) in [6.45, 7) is 0. The summed E-state index contributed by atoms with van der Waals surface area (Å²) in [5.41, 5.74) is 0. The summed E-state index contributed by atoms with van der Waals surface area (Å²) in [5, 5.41) is 0. The van der Waals surface area contributed by atoms with Crippen molar-refractivity contribution in [2.75, 3.05) is 0 Å². The van der Waals surface area contributed by atoms with Gasteiger partial charge in [0.25, 0.3) is 0 Å². The van der Waals surface area contributed by atoms with Gasteiger partial charge in [0.2, 0.25) is 0 Å². The molecule has 0 amide bonds. The number of hydrogen-bond acceptors (Lipinski definition) is 2. The first-order chi connectivity index (χ1) is 2.00. The average Bonchev–Trinajstić information content (AvgIpc) is 0.722. The molecule has 0 aromatic rings. The summed E-state index contributed by atoms with van der Waals surface area (Å²) < 4.78 is 25.8. The second kappa shape index (κ2) is 1.33. The van der Waals surface area contributed by atoms with Crippen LogP contribution >= 0.6 is 0 Å². The fourth-order valence-corrected chi connectivity index (χ4v) is 0. The van der Waals surface area contributed by atoms with Crippen LogP contribution in [0, 0.1) is 0 Å². The number of hydrogen-bond donors (Lipinski definition) is 1. The van der Waals surface area contributed by atoms with Crippen molar-refractivity contribution >= 4 is 8.11 Å². The van der Waals surface area contributed by atoms with E-state index in [0.717, 1.165) is 17.1 Å². The predicted octanol–water partition coefficient (Wildman–Crippen LogP) is -0.664. The molecule has 0 saturated heterocycles. The quantitative estimate of drug-likeness (QED) is 0.399. The number of rotatable bonds is 0. The monoisotopic (exact) mass is 183 g/mol. The van der Waals surface area contributed by atoms with Crippen LogP contribution in [0.5, 0.6) is 0 Å². The zero-order valence-corrected chi connectivity index (χ0v) is 4.58. The first-order valence-electron chi connectivity index (χ1n) is 0.660. The summed E-state index contributed by atoms with van der Waals surface area (Å²) >= 11 is 1.16. The van der Waals surface area contributed by atoms with Crippen molar-refractivity contribution in [3.05, 3.63) is 0 Å². The van der Waals surface area contributed by atoms with Crippen molar-refractivity contribution < 1.29 is 30.1 Å². The molecule has 0 saturated carbocycles. The minimum absolute atomic E-state index is 1.16. The Labute approximate surface area is 38.6 Å². The molecule has 0 bridgehead atoms. The molecule has 0 unspecified atom stereocenters. The van der Waals surface area contributed by atoms with Gasteiger partial charge in [0.1, 0.15) is 0 Å². The fourth-order valence-electron chi connectivity index (χ4n) is 0. The molecule has 1 N–H and O–H groups in total. The van der Waals surface area contributed by atoms with Gasteiger partial charge in [-0.15, -0.1) is 0 Å². The molecule has 0 aromatic heterocycles. The van der Waals surface area contributed by atoms with Crippen molar-refractivity contribution in [3.63, 3.8) is 0 Å². The summed E-state index contributed by atoms with van der Waals surface area (Å²) in [5.74, 6) is 0. The van der Waals surface area contributed by atoms with Gasteiger partial charge in [-0.1, -0.05) is 0 Å². The van der Waals surface area contributed by atoms with E-state index in [-0.39, 0.29) is 0 Å². The van der Waals surface area contributed by atoms with Crippen molar-refractivity contribution in [2.24, 2.45) is 0 Å². The van der Waals surface area contributed by atoms with Crippen molar-refractivity contribution in [3.8, 4) is 0 Å². The standard InChI is InChI=1S/HO3S.Ru/c1-4(2)3;/h(H,1,2,3);. The predicted molar refractivity (Wildman–Crippen MR) is 11.5 cm³/mol. The van der Waals surface area contributed by atoms with Gasteiger partial charge in [0.15, 0.2) is 0 Å². The zero-order chi connectivity index (χ0) is 4.50. The van der Waals surface area contributed by atoms with Gasteiger partial charge in [-0.25, -0.2) is 0 Å². The third-order valence-corrected chi connectivity index (χ3v) is 0. The molecule has 0 aromatic carbocycles. The molecule has 3 nitrogen and oxygen atoms in total. The van der Waals surface area contributed by atoms with Crippen LogP contribution in [0.15, 0.2) is 0 Å². The Morgan fingerprint density at radius 2 is 1.60 bits per heavy atom. The Balaban J connectivity index is 4.06. The van der Waals surface area contributed by atoms with Gasteiger partial charge in [-0.3, -0.25) is 0 Å². The molecule has 0 radical (unpaired) electrons. The molecule has 0 atom stereocenters. The van der Waals surface area contributed by atoms with Crippen LogP contribution in [0.4, 0.5) is 0 Å². The Kier molecular flexibility index (Phi) is 1.47. The van der Waals surface area contributed by atoms with E-state index in [0.29, 0.717) is 0 Å². The first kappa shape index (κ1) is 5.53. The van der Waals surface area contributed by atoms with Crippen molar-refractivity contribution in [1.29, 1.82) is 0 Å². The minimum atomic E-state index is -3.74. The average molecular weight is 182 g/mol. The Hall–Kier alpha value is 0.533. The van der Waals surface area contributed by atoms with Crippen LogP contribution in [-0.4, -0.2) is 13.0 Å². The van der Waals surface area contributed by atoms with Crippen LogP contribution in [0.2, 0.25) is 0 Å². The van der Waals surface area contributed by atoms with E-state index in [1.54, 1.807) is 0 Å². The Morgan fingerprint density at radius 3 is 1.60 bits per heavy atom. The second-order valence-electron chi connectivity index (χ2n) is 0.400. The van der Waals surface area contributed by atoms with E-state index in [9.17, 15) is 0 Å². The third-order valence-electron chi connectivity index (χ3n) is 0. The van der Waals surface area contributed by atoms with Crippen LogP contribution in [-0.2, 0) is 25.2 Å². The summed E-state index contributed by atoms with van der Waals surface area (Å²) in [6.07, 6.45) is 0. The maximum atomic E-state index is 9.16. The molecule has 33 valence electrons. The molecule has 0 aliphatic carbocycles. The zero-order valence-electron chi connectivity index (χ0n) is 2.03. The molecule has 0 aliphatic rings. The van der Waals surface area contributed by atoms with E-state index in [4.69, 9.17) is 13.0 Å². The molecule has 5 heavy (non-hydrogen) atoms. The van der Waals surface area contributed by atoms with Crippen LogP contribution < -0.4 is 0 Å². The third kappa shape index (κ3) is 102. The van der Waals surface area contributed by atoms with Gasteiger partial charge in [0, 0.05) is 0 Å². The van der Waals surface area contributed by atoms with Crippen LogP contribution in [0.25, 0.3) is 0 Å². The Morgan fingerprint density at radius 1 is 1.60 bits per heavy atom. The van der Waals surface area contributed by atoms with Crippen molar-refractivity contribution in [2.45, 2.75) is 0 Å². The molecule has 0 spiro atoms. The second-order valence-corrected chi connectivity index (χ2v) is 3.89. The van der Waals surface area contributed by atoms with E-state index in [1.807, 2.05) is 0 Å². The summed E-state index contributed by atoms with van der Waals surface area (Å²) in [4.78, 5) is 0. The van der Waals surface area contributed by atoms with Crippen LogP contribution in [0.1, 0.15) is 0 Å². The van der Waals surface area contributed by atoms with Crippen molar-refractivity contribution in [1.82, 2.24) is 0 Å². The van der Waals surface area contributed by atoms with E-state index < -0.39 is 8.11 Å². The molecule has 0 aliphatic heterocycles. The SMILES string of the molecule is O=[S](=O)(O)[Ru].